The fraction of sp³-hybridized carbons (Fsp3) is 0.667. The molecule has 0 atom stereocenters. The van der Waals surface area contributed by atoms with E-state index in [1.54, 1.807) is 0 Å². The standard InChI is InChI=1S/6C3H7.H2O.2Ti/c6*1-3-2;;;/h6*3H,1-2H3;1H2;;/q6*-1;;2*+3. The van der Waals surface area contributed by atoms with Gasteiger partial charge in [-0.05, 0) is 0 Å². The molecule has 0 rings (SSSR count). The van der Waals surface area contributed by atoms with E-state index >= 15 is 0 Å². The first-order chi connectivity index (χ1) is 8.49. The van der Waals surface area contributed by atoms with Gasteiger partial charge in [0.05, 0.1) is 0 Å². The fourth-order valence-electron chi connectivity index (χ4n) is 0. The minimum Gasteiger partial charge on any atom is -0.412 e. The minimum atomic E-state index is 0. The maximum atomic E-state index is 2.00. The van der Waals surface area contributed by atoms with Gasteiger partial charge in [-0.25, -0.2) is 0 Å². The molecule has 0 aromatic heterocycles. The van der Waals surface area contributed by atoms with E-state index in [1.165, 1.54) is 0 Å². The molecular weight excluding hydrogens is 328 g/mol. The molecule has 0 saturated heterocycles. The summed E-state index contributed by atoms with van der Waals surface area (Å²) in [6, 6.07) is 0. The van der Waals surface area contributed by atoms with Crippen molar-refractivity contribution in [2.24, 2.45) is 0 Å². The van der Waals surface area contributed by atoms with Crippen molar-refractivity contribution in [3.63, 3.8) is 0 Å². The zero-order valence-electron chi connectivity index (χ0n) is 17.0. The van der Waals surface area contributed by atoms with Crippen molar-refractivity contribution < 1.29 is 48.9 Å². The van der Waals surface area contributed by atoms with Crippen molar-refractivity contribution in [2.75, 3.05) is 0 Å². The zero-order valence-corrected chi connectivity index (χ0v) is 20.1. The third-order valence-corrected chi connectivity index (χ3v) is 0. The van der Waals surface area contributed by atoms with Crippen LogP contribution >= 0.6 is 0 Å². The zero-order chi connectivity index (χ0) is 16.2. The third kappa shape index (κ3) is 4170. The summed E-state index contributed by atoms with van der Waals surface area (Å²) in [4.78, 5) is 0. The van der Waals surface area contributed by atoms with Gasteiger partial charge in [-0.15, -0.1) is 0 Å². The Morgan fingerprint density at radius 2 is 0.286 bits per heavy atom. The summed E-state index contributed by atoms with van der Waals surface area (Å²) in [6.45, 7) is 24.0. The molecule has 0 fully saturated rings. The molecule has 0 aromatic carbocycles. The van der Waals surface area contributed by atoms with Crippen molar-refractivity contribution in [3.8, 4) is 0 Å². The third-order valence-electron chi connectivity index (χ3n) is 0. The van der Waals surface area contributed by atoms with Crippen LogP contribution in [0.15, 0.2) is 0 Å². The van der Waals surface area contributed by atoms with Gasteiger partial charge in [0.2, 0.25) is 0 Å². The monoisotopic (exact) mass is 372 g/mol. The van der Waals surface area contributed by atoms with Gasteiger partial charge < -0.3 is 44.0 Å². The topological polar surface area (TPSA) is 31.5 Å². The van der Waals surface area contributed by atoms with Crippen LogP contribution < -0.4 is 0 Å². The van der Waals surface area contributed by atoms with Crippen LogP contribution in [0.2, 0.25) is 0 Å². The van der Waals surface area contributed by atoms with Crippen molar-refractivity contribution in [1.29, 1.82) is 0 Å². The molecule has 21 heavy (non-hydrogen) atoms. The van der Waals surface area contributed by atoms with Gasteiger partial charge in [-0.2, -0.15) is 83.1 Å². The van der Waals surface area contributed by atoms with Gasteiger partial charge in [0.1, 0.15) is 0 Å². The first-order valence-corrected chi connectivity index (χ1v) is 6.93. The van der Waals surface area contributed by atoms with E-state index < -0.39 is 0 Å². The summed E-state index contributed by atoms with van der Waals surface area (Å²) in [5.41, 5.74) is 0. The Balaban J connectivity index is -0.0000000114. The fourth-order valence-corrected chi connectivity index (χ4v) is 0. The van der Waals surface area contributed by atoms with E-state index in [0.717, 1.165) is 0 Å². The molecule has 0 aliphatic heterocycles. The van der Waals surface area contributed by atoms with Gasteiger partial charge in [0.25, 0.3) is 0 Å². The average Bonchev–Trinajstić information content (AvgIpc) is 2.23. The van der Waals surface area contributed by atoms with E-state index in [1.807, 2.05) is 122 Å². The summed E-state index contributed by atoms with van der Waals surface area (Å²) in [5.74, 6) is 0. The van der Waals surface area contributed by atoms with Crippen molar-refractivity contribution in [1.82, 2.24) is 0 Å². The largest absolute Gasteiger partial charge is 3.00 e. The van der Waals surface area contributed by atoms with Crippen LogP contribution in [0.25, 0.3) is 0 Å². The van der Waals surface area contributed by atoms with Crippen LogP contribution in [0, 0.1) is 38.5 Å². The minimum absolute atomic E-state index is 0. The van der Waals surface area contributed by atoms with E-state index in [0.29, 0.717) is 0 Å². The van der Waals surface area contributed by atoms with E-state index in [2.05, 4.69) is 0 Å². The van der Waals surface area contributed by atoms with Crippen LogP contribution in [0.4, 0.5) is 0 Å². The van der Waals surface area contributed by atoms with Crippen molar-refractivity contribution in [3.05, 3.63) is 38.5 Å². The Morgan fingerprint density at radius 3 is 0.286 bits per heavy atom. The molecule has 0 aromatic rings. The molecule has 0 aliphatic rings. The van der Waals surface area contributed by atoms with E-state index in [9.17, 15) is 0 Å². The molecular formula is C18H44OTi2. The molecule has 2 radical (unpaired) electrons. The Bertz CT molecular complexity index is 30.7. The van der Waals surface area contributed by atoms with Crippen LogP contribution in [0.5, 0.6) is 0 Å². The van der Waals surface area contributed by atoms with Crippen molar-refractivity contribution in [2.45, 2.75) is 83.1 Å². The Labute approximate surface area is 169 Å². The second kappa shape index (κ2) is 163. The number of hydrogen-bond acceptors (Lipinski definition) is 0. The van der Waals surface area contributed by atoms with Gasteiger partial charge in [0, 0.05) is 0 Å². The van der Waals surface area contributed by atoms with Crippen LogP contribution in [0.3, 0.4) is 0 Å². The van der Waals surface area contributed by atoms with Gasteiger partial charge in [0.15, 0.2) is 0 Å². The molecule has 0 unspecified atom stereocenters. The molecule has 1 nitrogen and oxygen atoms in total. The molecule has 130 valence electrons. The molecule has 0 bridgehead atoms. The smallest absolute Gasteiger partial charge is 0.412 e. The first-order valence-electron chi connectivity index (χ1n) is 6.93. The molecule has 0 amide bonds. The molecule has 0 aliphatic carbocycles. The predicted octanol–water partition coefficient (Wildman–Crippen LogP) is 6.55. The summed E-state index contributed by atoms with van der Waals surface area (Å²) >= 11 is 0. The maximum absolute atomic E-state index is 2.00. The summed E-state index contributed by atoms with van der Waals surface area (Å²) in [7, 11) is 0. The van der Waals surface area contributed by atoms with Gasteiger partial charge >= 0.3 is 43.4 Å². The summed E-state index contributed by atoms with van der Waals surface area (Å²) in [5, 5.41) is 0. The molecule has 0 saturated carbocycles. The number of rotatable bonds is 0. The molecule has 0 heterocycles. The Kier molecular flexibility index (Phi) is 443. The SMILES string of the molecule is C[CH-]C.C[CH-]C.C[CH-]C.C[CH-]C.C[CH-]C.C[CH-]C.O.[Ti+3].[Ti+3]. The number of hydrogen-bond donors (Lipinski definition) is 0. The van der Waals surface area contributed by atoms with Gasteiger partial charge in [-0.1, -0.05) is 0 Å². The first kappa shape index (κ1) is 57.1. The second-order valence-corrected chi connectivity index (χ2v) is 3.46. The maximum Gasteiger partial charge on any atom is 3.00 e. The molecule has 0 spiro atoms. The van der Waals surface area contributed by atoms with E-state index in [4.69, 9.17) is 0 Å². The van der Waals surface area contributed by atoms with Crippen LogP contribution in [0.1, 0.15) is 83.1 Å². The Hall–Kier alpha value is 1.39. The molecule has 3 heteroatoms. The van der Waals surface area contributed by atoms with E-state index in [-0.39, 0.29) is 48.9 Å². The molecule has 2 N–H and O–H groups in total. The van der Waals surface area contributed by atoms with Crippen LogP contribution in [-0.4, -0.2) is 5.48 Å². The van der Waals surface area contributed by atoms with Crippen LogP contribution in [-0.2, 0) is 43.4 Å². The predicted molar refractivity (Wildman–Crippen MR) is 97.5 cm³/mol. The quantitative estimate of drug-likeness (QED) is 0.341. The summed E-state index contributed by atoms with van der Waals surface area (Å²) < 4.78 is 0. The van der Waals surface area contributed by atoms with Crippen molar-refractivity contribution >= 4 is 0 Å². The second-order valence-electron chi connectivity index (χ2n) is 3.46. The van der Waals surface area contributed by atoms with Gasteiger partial charge in [-0.3, -0.25) is 0 Å². The summed E-state index contributed by atoms with van der Waals surface area (Å²) in [6.07, 6.45) is 12.0. The Morgan fingerprint density at radius 1 is 0.286 bits per heavy atom. The normalized spacial score (nSPS) is 5.14. The average molecular weight is 372 g/mol.